The number of carbonyl (C=O) groups is 1. The summed E-state index contributed by atoms with van der Waals surface area (Å²) in [5.74, 6) is -0.349. The molecule has 0 atom stereocenters. The minimum absolute atomic E-state index is 0.000926. The number of hydrogen-bond donors (Lipinski definition) is 3. The number of allylic oxidation sites excluding steroid dienone is 1. The van der Waals surface area contributed by atoms with Gasteiger partial charge in [-0.1, -0.05) is 29.4 Å². The number of nitrogens with zero attached hydrogens (tertiary/aromatic N) is 1. The van der Waals surface area contributed by atoms with Gasteiger partial charge in [-0.2, -0.15) is 0 Å². The summed E-state index contributed by atoms with van der Waals surface area (Å²) in [6, 6.07) is 7.39. The topological polar surface area (TPSA) is 91.9 Å². The van der Waals surface area contributed by atoms with Crippen molar-refractivity contribution in [2.45, 2.75) is 6.92 Å². The maximum absolute atomic E-state index is 14.1. The van der Waals surface area contributed by atoms with Gasteiger partial charge >= 0.3 is 0 Å². The summed E-state index contributed by atoms with van der Waals surface area (Å²) in [4.78, 5) is 16.1. The number of rotatable bonds is 5. The largest absolute Gasteiger partial charge is 0.379 e. The highest BCUT2D eigenvalue weighted by molar-refractivity contribution is 8.13. The fraction of sp³-hybridized carbons (Fsp3) is 0.118. The van der Waals surface area contributed by atoms with Crippen LogP contribution in [0, 0.1) is 11.2 Å². The van der Waals surface area contributed by atoms with Crippen LogP contribution in [0.2, 0.25) is 5.02 Å². The molecule has 4 N–H and O–H groups in total. The molecular formula is C17H16ClFN4OS. The Labute approximate surface area is 154 Å². The monoisotopic (exact) mass is 378 g/mol. The molecule has 0 spiro atoms. The quantitative estimate of drug-likeness (QED) is 0.538. The number of amidine groups is 1. The van der Waals surface area contributed by atoms with Crippen LogP contribution in [-0.2, 0) is 0 Å². The van der Waals surface area contributed by atoms with Crippen molar-refractivity contribution in [3.8, 4) is 0 Å². The second kappa shape index (κ2) is 8.64. The first-order valence-corrected chi connectivity index (χ1v) is 8.59. The summed E-state index contributed by atoms with van der Waals surface area (Å²) >= 11 is 6.89. The van der Waals surface area contributed by atoms with Crippen molar-refractivity contribution < 1.29 is 9.18 Å². The molecule has 8 heteroatoms. The van der Waals surface area contributed by atoms with E-state index in [2.05, 4.69) is 10.3 Å². The van der Waals surface area contributed by atoms with E-state index in [4.69, 9.17) is 22.7 Å². The minimum Gasteiger partial charge on any atom is -0.379 e. The van der Waals surface area contributed by atoms with Gasteiger partial charge in [0.25, 0.3) is 5.91 Å². The molecule has 1 aromatic carbocycles. The summed E-state index contributed by atoms with van der Waals surface area (Å²) in [6.45, 7) is 1.76. The summed E-state index contributed by atoms with van der Waals surface area (Å²) < 4.78 is 14.1. The number of halogens is 2. The van der Waals surface area contributed by atoms with E-state index in [1.165, 1.54) is 24.4 Å². The van der Waals surface area contributed by atoms with Gasteiger partial charge in [-0.25, -0.2) is 9.37 Å². The molecule has 0 aliphatic rings. The van der Waals surface area contributed by atoms with Gasteiger partial charge in [0.15, 0.2) is 5.17 Å². The summed E-state index contributed by atoms with van der Waals surface area (Å²) in [5, 5.41) is 10.3. The van der Waals surface area contributed by atoms with Crippen LogP contribution in [0.5, 0.6) is 0 Å². The third-order valence-corrected chi connectivity index (χ3v) is 4.11. The van der Waals surface area contributed by atoms with E-state index in [-0.39, 0.29) is 10.9 Å². The number of thioether (sulfide) groups is 1. The van der Waals surface area contributed by atoms with Crippen molar-refractivity contribution in [1.29, 1.82) is 5.41 Å². The molecule has 0 fully saturated rings. The van der Waals surface area contributed by atoms with Gasteiger partial charge in [-0.15, -0.1) is 0 Å². The Bertz CT molecular complexity index is 824. The zero-order valence-electron chi connectivity index (χ0n) is 13.3. The number of anilines is 1. The van der Waals surface area contributed by atoms with Gasteiger partial charge in [0.2, 0.25) is 0 Å². The maximum atomic E-state index is 14.1. The van der Waals surface area contributed by atoms with Crippen molar-refractivity contribution in [3.63, 3.8) is 0 Å². The fourth-order valence-electron chi connectivity index (χ4n) is 1.98. The summed E-state index contributed by atoms with van der Waals surface area (Å²) in [6.07, 6.45) is 3.16. The Morgan fingerprint density at radius 1 is 1.44 bits per heavy atom. The van der Waals surface area contributed by atoms with E-state index >= 15 is 0 Å². The first-order chi connectivity index (χ1) is 11.9. The van der Waals surface area contributed by atoms with Gasteiger partial charge in [-0.3, -0.25) is 10.2 Å². The first kappa shape index (κ1) is 19.0. The average Bonchev–Trinajstić information content (AvgIpc) is 2.56. The lowest BCUT2D eigenvalue weighted by Crippen LogP contribution is -2.13. The third-order valence-electron chi connectivity index (χ3n) is 3.24. The summed E-state index contributed by atoms with van der Waals surface area (Å²) in [5.41, 5.74) is 6.98. The van der Waals surface area contributed by atoms with Crippen LogP contribution in [0.25, 0.3) is 5.57 Å². The second-order valence-electron chi connectivity index (χ2n) is 5.07. The van der Waals surface area contributed by atoms with Crippen molar-refractivity contribution >= 4 is 45.7 Å². The highest BCUT2D eigenvalue weighted by atomic mass is 35.5. The molecule has 2 aromatic rings. The van der Waals surface area contributed by atoms with Crippen LogP contribution in [-0.4, -0.2) is 21.8 Å². The predicted molar refractivity (Wildman–Crippen MR) is 102 cm³/mol. The van der Waals surface area contributed by atoms with E-state index in [1.807, 2.05) is 0 Å². The van der Waals surface area contributed by atoms with Crippen molar-refractivity contribution in [3.05, 3.63) is 64.7 Å². The third kappa shape index (κ3) is 5.58. The molecule has 130 valence electrons. The number of nitrogens with one attached hydrogen (secondary N) is 2. The predicted octanol–water partition coefficient (Wildman–Crippen LogP) is 4.16. The smallest absolute Gasteiger partial charge is 0.274 e. The van der Waals surface area contributed by atoms with Gasteiger partial charge in [0.1, 0.15) is 11.5 Å². The van der Waals surface area contributed by atoms with Crippen LogP contribution < -0.4 is 11.1 Å². The number of aromatic nitrogens is 1. The van der Waals surface area contributed by atoms with E-state index in [0.29, 0.717) is 27.6 Å². The van der Waals surface area contributed by atoms with E-state index in [9.17, 15) is 9.18 Å². The Hall–Kier alpha value is -2.38. The van der Waals surface area contributed by atoms with Gasteiger partial charge in [-0.05, 0) is 42.8 Å². The van der Waals surface area contributed by atoms with E-state index < -0.39 is 11.7 Å². The normalized spacial score (nSPS) is 11.2. The molecular weight excluding hydrogens is 363 g/mol. The Balaban J connectivity index is 2.16. The van der Waals surface area contributed by atoms with Crippen molar-refractivity contribution in [1.82, 2.24) is 4.98 Å². The molecule has 0 aliphatic carbocycles. The number of pyridine rings is 1. The zero-order valence-corrected chi connectivity index (χ0v) is 14.9. The molecule has 0 saturated carbocycles. The molecule has 0 aliphatic heterocycles. The van der Waals surface area contributed by atoms with Crippen LogP contribution in [0.1, 0.15) is 23.0 Å². The maximum Gasteiger partial charge on any atom is 0.274 e. The zero-order chi connectivity index (χ0) is 18.4. The molecule has 1 amide bonds. The molecule has 5 nitrogen and oxygen atoms in total. The molecule has 1 aromatic heterocycles. The fourth-order valence-corrected chi connectivity index (χ4v) is 2.60. The Kier molecular flexibility index (Phi) is 6.55. The van der Waals surface area contributed by atoms with Crippen LogP contribution in [0.4, 0.5) is 10.1 Å². The number of carbonyl (C=O) groups excluding carboxylic acids is 1. The SMILES string of the molecule is CC(=CCSC(=N)N)c1cc(NC(=O)c2ccc(Cl)cn2)ccc1F. The number of nitrogens with two attached hydrogens (primary N) is 1. The van der Waals surface area contributed by atoms with Crippen LogP contribution in [0.15, 0.2) is 42.6 Å². The number of benzene rings is 1. The highest BCUT2D eigenvalue weighted by Crippen LogP contribution is 2.23. The molecule has 0 saturated heterocycles. The average molecular weight is 379 g/mol. The lowest BCUT2D eigenvalue weighted by atomic mass is 10.1. The molecule has 2 rings (SSSR count). The summed E-state index contributed by atoms with van der Waals surface area (Å²) in [7, 11) is 0. The van der Waals surface area contributed by atoms with Crippen molar-refractivity contribution in [2.24, 2.45) is 5.73 Å². The molecule has 25 heavy (non-hydrogen) atoms. The second-order valence-corrected chi connectivity index (χ2v) is 6.57. The first-order valence-electron chi connectivity index (χ1n) is 7.23. The Morgan fingerprint density at radius 2 is 2.20 bits per heavy atom. The van der Waals surface area contributed by atoms with Gasteiger partial charge < -0.3 is 11.1 Å². The van der Waals surface area contributed by atoms with E-state index in [0.717, 1.165) is 11.8 Å². The van der Waals surface area contributed by atoms with E-state index in [1.54, 1.807) is 25.1 Å². The molecule has 0 unspecified atom stereocenters. The lowest BCUT2D eigenvalue weighted by Gasteiger charge is -2.09. The molecule has 0 bridgehead atoms. The van der Waals surface area contributed by atoms with Crippen LogP contribution in [0.3, 0.4) is 0 Å². The van der Waals surface area contributed by atoms with Crippen molar-refractivity contribution in [2.75, 3.05) is 11.1 Å². The van der Waals surface area contributed by atoms with Crippen LogP contribution >= 0.6 is 23.4 Å². The highest BCUT2D eigenvalue weighted by Gasteiger charge is 2.10. The van der Waals surface area contributed by atoms with Gasteiger partial charge in [0.05, 0.1) is 5.02 Å². The number of hydrogen-bond acceptors (Lipinski definition) is 4. The minimum atomic E-state index is -0.414. The number of amides is 1. The molecule has 1 heterocycles. The van der Waals surface area contributed by atoms with Gasteiger partial charge in [0, 0.05) is 23.2 Å². The standard InChI is InChI=1S/C17H16ClFN4OS/c1-10(6-7-25-17(20)21)13-8-12(3-4-14(13)19)23-16(24)15-5-2-11(18)9-22-15/h2-6,8-9H,7H2,1H3,(H3,20,21)(H,23,24). The molecule has 0 radical (unpaired) electrons. The Morgan fingerprint density at radius 3 is 2.84 bits per heavy atom. The lowest BCUT2D eigenvalue weighted by molar-refractivity contribution is 0.102.